The fraction of sp³-hybridized carbons (Fsp3) is 0. The molecule has 0 saturated carbocycles. The van der Waals surface area contributed by atoms with Gasteiger partial charge in [-0.15, -0.1) is 0 Å². The van der Waals surface area contributed by atoms with Crippen LogP contribution >= 0.6 is 23.5 Å². The van der Waals surface area contributed by atoms with Gasteiger partial charge in [0.2, 0.25) is 0 Å². The van der Waals surface area contributed by atoms with E-state index in [4.69, 9.17) is 17.3 Å². The van der Waals surface area contributed by atoms with Gasteiger partial charge >= 0.3 is 5.69 Å². The van der Waals surface area contributed by atoms with Gasteiger partial charge in [0.1, 0.15) is 0 Å². The summed E-state index contributed by atoms with van der Waals surface area (Å²) >= 11 is 6.76. The lowest BCUT2D eigenvalue weighted by atomic mass is 10.4. The van der Waals surface area contributed by atoms with Gasteiger partial charge in [0.15, 0.2) is 11.6 Å². The molecule has 2 aromatic rings. The molecule has 17 heavy (non-hydrogen) atoms. The summed E-state index contributed by atoms with van der Waals surface area (Å²) in [4.78, 5) is 15.5. The van der Waals surface area contributed by atoms with Crippen molar-refractivity contribution in [2.45, 2.75) is 4.90 Å². The summed E-state index contributed by atoms with van der Waals surface area (Å²) in [5.41, 5.74) is 4.56. The fourth-order valence-corrected chi connectivity index (χ4v) is 1.98. The average Bonchev–Trinajstić information content (AvgIpc) is 2.29. The van der Waals surface area contributed by atoms with Crippen molar-refractivity contribution in [2.75, 3.05) is 5.73 Å². The van der Waals surface area contributed by atoms with E-state index in [2.05, 4.69) is 4.98 Å². The molecule has 0 aliphatic heterocycles. The van der Waals surface area contributed by atoms with Crippen LogP contribution in [0, 0.1) is 5.82 Å². The van der Waals surface area contributed by atoms with E-state index in [1.54, 1.807) is 24.3 Å². The van der Waals surface area contributed by atoms with E-state index < -0.39 is 17.3 Å². The molecule has 0 spiro atoms. The molecular formula is C10H7ClFN3OS. The molecule has 7 heteroatoms. The Kier molecular flexibility index (Phi) is 3.35. The second-order valence-electron chi connectivity index (χ2n) is 3.13. The maximum atomic E-state index is 13.1. The number of hydrogen-bond donors (Lipinski definition) is 1. The van der Waals surface area contributed by atoms with E-state index >= 15 is 0 Å². The largest absolute Gasteiger partial charge is 0.381 e. The number of nitrogen functional groups attached to an aromatic ring is 1. The van der Waals surface area contributed by atoms with Crippen LogP contribution < -0.4 is 11.4 Å². The van der Waals surface area contributed by atoms with Crippen LogP contribution in [-0.2, 0) is 0 Å². The minimum absolute atomic E-state index is 0.400. The molecule has 0 unspecified atom stereocenters. The second-order valence-corrected chi connectivity index (χ2v) is 4.61. The van der Waals surface area contributed by atoms with Crippen molar-refractivity contribution < 1.29 is 4.39 Å². The summed E-state index contributed by atoms with van der Waals surface area (Å²) < 4.78 is 14.2. The Morgan fingerprint density at radius 3 is 2.65 bits per heavy atom. The normalized spacial score (nSPS) is 10.5. The van der Waals surface area contributed by atoms with E-state index in [0.717, 1.165) is 27.0 Å². The van der Waals surface area contributed by atoms with Crippen molar-refractivity contribution in [2.24, 2.45) is 0 Å². The maximum absolute atomic E-state index is 13.1. The van der Waals surface area contributed by atoms with Crippen LogP contribution in [0.25, 0.3) is 0 Å². The molecule has 0 saturated heterocycles. The Morgan fingerprint density at radius 2 is 2.00 bits per heavy atom. The van der Waals surface area contributed by atoms with Crippen LogP contribution in [-0.4, -0.2) is 8.96 Å². The standard InChI is InChI=1S/C10H7ClFN3OS/c11-6-1-3-7(4-2-6)17-15-5-8(12)9(13)14-10(15)16/h1-5H,(H2,13,14,16). The summed E-state index contributed by atoms with van der Waals surface area (Å²) in [6.07, 6.45) is 1.00. The second kappa shape index (κ2) is 4.77. The first-order chi connectivity index (χ1) is 8.06. The van der Waals surface area contributed by atoms with Gasteiger partial charge in [0, 0.05) is 9.92 Å². The van der Waals surface area contributed by atoms with Crippen LogP contribution in [0.4, 0.5) is 10.2 Å². The molecule has 1 heterocycles. The molecular weight excluding hydrogens is 265 g/mol. The lowest BCUT2D eigenvalue weighted by Gasteiger charge is -2.04. The van der Waals surface area contributed by atoms with Gasteiger partial charge in [0.05, 0.1) is 6.20 Å². The van der Waals surface area contributed by atoms with Crippen LogP contribution in [0.15, 0.2) is 40.2 Å². The Balaban J connectivity index is 2.33. The predicted molar refractivity (Wildman–Crippen MR) is 65.6 cm³/mol. The topological polar surface area (TPSA) is 60.9 Å². The number of halogens is 2. The first kappa shape index (κ1) is 11.9. The number of rotatable bonds is 2. The lowest BCUT2D eigenvalue weighted by molar-refractivity contribution is 0.614. The Labute approximate surface area is 105 Å². The molecule has 0 bridgehead atoms. The molecule has 2 rings (SSSR count). The predicted octanol–water partition coefficient (Wildman–Crippen LogP) is 2.17. The zero-order valence-corrected chi connectivity index (χ0v) is 10.0. The molecule has 0 aliphatic rings. The maximum Gasteiger partial charge on any atom is 0.360 e. The van der Waals surface area contributed by atoms with Gasteiger partial charge in [-0.3, -0.25) is 0 Å². The van der Waals surface area contributed by atoms with Gasteiger partial charge in [-0.1, -0.05) is 11.6 Å². The van der Waals surface area contributed by atoms with Crippen molar-refractivity contribution in [1.29, 1.82) is 0 Å². The smallest absolute Gasteiger partial charge is 0.360 e. The third-order valence-electron chi connectivity index (χ3n) is 1.90. The zero-order valence-electron chi connectivity index (χ0n) is 8.43. The molecule has 0 amide bonds. The first-order valence-electron chi connectivity index (χ1n) is 4.55. The van der Waals surface area contributed by atoms with E-state index in [1.807, 2.05) is 0 Å². The summed E-state index contributed by atoms with van der Waals surface area (Å²) in [7, 11) is 0. The Bertz CT molecular complexity index is 599. The fourth-order valence-electron chi connectivity index (χ4n) is 1.10. The van der Waals surface area contributed by atoms with Crippen molar-refractivity contribution in [3.05, 3.63) is 51.8 Å². The molecule has 0 radical (unpaired) electrons. The number of hydrogen-bond acceptors (Lipinski definition) is 4. The lowest BCUT2D eigenvalue weighted by Crippen LogP contribution is -2.20. The van der Waals surface area contributed by atoms with Gasteiger partial charge in [-0.05, 0) is 36.2 Å². The monoisotopic (exact) mass is 271 g/mol. The summed E-state index contributed by atoms with van der Waals surface area (Å²) in [5.74, 6) is -1.13. The minimum atomic E-state index is -0.730. The zero-order chi connectivity index (χ0) is 12.4. The highest BCUT2D eigenvalue weighted by molar-refractivity contribution is 7.97. The Morgan fingerprint density at radius 1 is 1.35 bits per heavy atom. The third-order valence-corrected chi connectivity index (χ3v) is 3.09. The summed E-state index contributed by atoms with van der Waals surface area (Å²) in [5, 5.41) is 0.586. The highest BCUT2D eigenvalue weighted by Crippen LogP contribution is 2.21. The molecule has 1 aromatic carbocycles. The average molecular weight is 272 g/mol. The van der Waals surface area contributed by atoms with E-state index in [0.29, 0.717) is 5.02 Å². The molecule has 88 valence electrons. The van der Waals surface area contributed by atoms with Gasteiger partial charge in [0.25, 0.3) is 0 Å². The number of benzene rings is 1. The number of aromatic nitrogens is 2. The van der Waals surface area contributed by atoms with Crippen LogP contribution in [0.1, 0.15) is 0 Å². The van der Waals surface area contributed by atoms with Gasteiger partial charge in [-0.2, -0.15) is 4.98 Å². The quantitative estimate of drug-likeness (QED) is 0.909. The number of nitrogens with zero attached hydrogens (tertiary/aromatic N) is 2. The molecule has 4 nitrogen and oxygen atoms in total. The van der Waals surface area contributed by atoms with Crippen LogP contribution in [0.2, 0.25) is 5.02 Å². The Hall–Kier alpha value is -1.53. The number of anilines is 1. The SMILES string of the molecule is Nc1nc(=O)n(Sc2ccc(Cl)cc2)cc1F. The van der Waals surface area contributed by atoms with Gasteiger partial charge in [-0.25, -0.2) is 13.2 Å². The number of nitrogens with two attached hydrogens (primary N) is 1. The molecule has 1 aromatic heterocycles. The highest BCUT2D eigenvalue weighted by atomic mass is 35.5. The highest BCUT2D eigenvalue weighted by Gasteiger charge is 2.06. The van der Waals surface area contributed by atoms with Crippen molar-refractivity contribution in [1.82, 2.24) is 8.96 Å². The van der Waals surface area contributed by atoms with E-state index in [1.165, 1.54) is 0 Å². The van der Waals surface area contributed by atoms with E-state index in [9.17, 15) is 9.18 Å². The first-order valence-corrected chi connectivity index (χ1v) is 5.70. The van der Waals surface area contributed by atoms with Crippen molar-refractivity contribution in [3.63, 3.8) is 0 Å². The molecule has 0 atom stereocenters. The van der Waals surface area contributed by atoms with Crippen LogP contribution in [0.3, 0.4) is 0 Å². The van der Waals surface area contributed by atoms with Crippen molar-refractivity contribution in [3.8, 4) is 0 Å². The molecule has 2 N–H and O–H groups in total. The summed E-state index contributed by atoms with van der Waals surface area (Å²) in [6, 6.07) is 6.79. The van der Waals surface area contributed by atoms with Crippen LogP contribution in [0.5, 0.6) is 0 Å². The molecule has 0 aliphatic carbocycles. The minimum Gasteiger partial charge on any atom is -0.381 e. The summed E-state index contributed by atoms with van der Waals surface area (Å²) in [6.45, 7) is 0. The van der Waals surface area contributed by atoms with E-state index in [-0.39, 0.29) is 0 Å². The molecule has 0 fully saturated rings. The third kappa shape index (κ3) is 2.78. The van der Waals surface area contributed by atoms with Crippen molar-refractivity contribution >= 4 is 29.4 Å². The van der Waals surface area contributed by atoms with Gasteiger partial charge < -0.3 is 5.73 Å².